The highest BCUT2D eigenvalue weighted by atomic mass is 32.2. The predicted molar refractivity (Wildman–Crippen MR) is 63.5 cm³/mol. The Hall–Kier alpha value is -0.900. The second-order valence-electron chi connectivity index (χ2n) is 3.70. The van der Waals surface area contributed by atoms with Crippen molar-refractivity contribution >= 4 is 9.73 Å². The Bertz CT molecular complexity index is 428. The summed E-state index contributed by atoms with van der Waals surface area (Å²) in [4.78, 5) is 4.91. The summed E-state index contributed by atoms with van der Waals surface area (Å²) in [5, 5.41) is 0.0157. The number of hydrogen-bond acceptors (Lipinski definition) is 3. The molecule has 15 heavy (non-hydrogen) atoms. The Morgan fingerprint density at radius 1 is 1.47 bits per heavy atom. The van der Waals surface area contributed by atoms with Gasteiger partial charge >= 0.3 is 0 Å². The lowest BCUT2D eigenvalue weighted by atomic mass is 10.4. The van der Waals surface area contributed by atoms with Gasteiger partial charge in [-0.25, -0.2) is 8.57 Å². The molecule has 1 unspecified atom stereocenters. The lowest BCUT2D eigenvalue weighted by Gasteiger charge is -2.13. The molecule has 0 radical (unpaired) electrons. The number of hydrogen-bond donors (Lipinski definition) is 0. The fraction of sp³-hybridized carbons (Fsp3) is 0.545. The summed E-state index contributed by atoms with van der Waals surface area (Å²) in [6, 6.07) is 3.74. The average molecular weight is 226 g/mol. The van der Waals surface area contributed by atoms with Gasteiger partial charge in [0.2, 0.25) is 0 Å². The zero-order valence-corrected chi connectivity index (χ0v) is 10.5. The number of aromatic nitrogens is 1. The maximum absolute atomic E-state index is 12.6. The molecule has 1 atom stereocenters. The summed E-state index contributed by atoms with van der Waals surface area (Å²) in [6.45, 7) is 8.26. The van der Waals surface area contributed by atoms with Crippen LogP contribution in [0.4, 0.5) is 0 Å². The first-order valence-corrected chi connectivity index (χ1v) is 6.73. The Kier molecular flexibility index (Phi) is 3.85. The standard InChI is InChI=1S/C11H18N2OS/c1-5-13-15(14,9(2)3)11-7-6-10(4)12-8-11/h6-9H,5H2,1-4H3. The van der Waals surface area contributed by atoms with E-state index >= 15 is 0 Å². The maximum Gasteiger partial charge on any atom is 0.0791 e. The molecule has 0 fully saturated rings. The first-order chi connectivity index (χ1) is 7.00. The van der Waals surface area contributed by atoms with Crippen LogP contribution in [0.1, 0.15) is 26.5 Å². The first kappa shape index (κ1) is 12.2. The van der Waals surface area contributed by atoms with Crippen LogP contribution >= 0.6 is 0 Å². The molecule has 0 bridgehead atoms. The van der Waals surface area contributed by atoms with Crippen molar-refractivity contribution in [2.24, 2.45) is 4.36 Å². The van der Waals surface area contributed by atoms with Crippen LogP contribution < -0.4 is 0 Å². The first-order valence-electron chi connectivity index (χ1n) is 5.15. The molecule has 3 nitrogen and oxygen atoms in total. The highest BCUT2D eigenvalue weighted by Crippen LogP contribution is 2.18. The molecule has 1 aromatic heterocycles. The summed E-state index contributed by atoms with van der Waals surface area (Å²) >= 11 is 0. The lowest BCUT2D eigenvalue weighted by Crippen LogP contribution is -2.14. The van der Waals surface area contributed by atoms with Crippen LogP contribution in [0.25, 0.3) is 0 Å². The van der Waals surface area contributed by atoms with E-state index in [1.165, 1.54) is 0 Å². The fourth-order valence-electron chi connectivity index (χ4n) is 1.31. The van der Waals surface area contributed by atoms with Crippen LogP contribution in [0.15, 0.2) is 27.6 Å². The maximum atomic E-state index is 12.6. The molecule has 1 aromatic rings. The van der Waals surface area contributed by atoms with E-state index in [4.69, 9.17) is 0 Å². The van der Waals surface area contributed by atoms with E-state index in [2.05, 4.69) is 9.35 Å². The Morgan fingerprint density at radius 3 is 2.53 bits per heavy atom. The monoisotopic (exact) mass is 226 g/mol. The van der Waals surface area contributed by atoms with Gasteiger partial charge in [-0.05, 0) is 39.8 Å². The second kappa shape index (κ2) is 4.75. The lowest BCUT2D eigenvalue weighted by molar-refractivity contribution is 0.667. The third-order valence-electron chi connectivity index (χ3n) is 2.18. The van der Waals surface area contributed by atoms with Crippen molar-refractivity contribution < 1.29 is 4.21 Å². The molecule has 0 aliphatic heterocycles. The summed E-state index contributed by atoms with van der Waals surface area (Å²) < 4.78 is 16.8. The largest absolute Gasteiger partial charge is 0.260 e. The van der Waals surface area contributed by atoms with Gasteiger partial charge in [0.05, 0.1) is 14.6 Å². The molecule has 0 amide bonds. The zero-order valence-electron chi connectivity index (χ0n) is 9.73. The van der Waals surface area contributed by atoms with Gasteiger partial charge in [0.15, 0.2) is 0 Å². The van der Waals surface area contributed by atoms with Crippen molar-refractivity contribution in [3.8, 4) is 0 Å². The molecule has 0 aliphatic rings. The molecule has 84 valence electrons. The fourth-order valence-corrected chi connectivity index (χ4v) is 3.16. The van der Waals surface area contributed by atoms with E-state index in [-0.39, 0.29) is 5.25 Å². The molecule has 0 saturated heterocycles. The van der Waals surface area contributed by atoms with Crippen LogP contribution in [-0.4, -0.2) is 21.0 Å². The van der Waals surface area contributed by atoms with Crippen molar-refractivity contribution in [2.75, 3.05) is 6.54 Å². The van der Waals surface area contributed by atoms with Crippen LogP contribution in [0.2, 0.25) is 0 Å². The summed E-state index contributed by atoms with van der Waals surface area (Å²) in [5.41, 5.74) is 0.931. The highest BCUT2D eigenvalue weighted by molar-refractivity contribution is 7.94. The Morgan fingerprint density at radius 2 is 2.13 bits per heavy atom. The van der Waals surface area contributed by atoms with Gasteiger partial charge in [-0.3, -0.25) is 4.98 Å². The van der Waals surface area contributed by atoms with E-state index in [0.717, 1.165) is 10.6 Å². The average Bonchev–Trinajstić information content (AvgIpc) is 2.18. The Labute approximate surface area is 92.1 Å². The molecular formula is C11H18N2OS. The summed E-state index contributed by atoms with van der Waals surface area (Å²) in [7, 11) is -2.29. The van der Waals surface area contributed by atoms with E-state index in [1.54, 1.807) is 6.20 Å². The molecule has 4 heteroatoms. The number of nitrogens with zero attached hydrogens (tertiary/aromatic N) is 2. The van der Waals surface area contributed by atoms with Crippen molar-refractivity contribution in [3.63, 3.8) is 0 Å². The van der Waals surface area contributed by atoms with E-state index in [1.807, 2.05) is 39.8 Å². The number of aryl methyl sites for hydroxylation is 1. The summed E-state index contributed by atoms with van der Waals surface area (Å²) in [5.74, 6) is 0. The molecule has 0 aromatic carbocycles. The molecular weight excluding hydrogens is 208 g/mol. The van der Waals surface area contributed by atoms with Gasteiger partial charge in [-0.2, -0.15) is 0 Å². The molecule has 1 heterocycles. The minimum absolute atomic E-state index is 0.0157. The van der Waals surface area contributed by atoms with Crippen molar-refractivity contribution in [1.29, 1.82) is 0 Å². The SMILES string of the molecule is CCN=S(=O)(c1ccc(C)nc1)C(C)C. The van der Waals surface area contributed by atoms with Crippen molar-refractivity contribution in [3.05, 3.63) is 24.0 Å². The van der Waals surface area contributed by atoms with Crippen LogP contribution in [0.3, 0.4) is 0 Å². The van der Waals surface area contributed by atoms with Crippen LogP contribution in [-0.2, 0) is 9.73 Å². The second-order valence-corrected chi connectivity index (χ2v) is 6.51. The van der Waals surface area contributed by atoms with Gasteiger partial charge in [0, 0.05) is 23.7 Å². The molecule has 0 saturated carbocycles. The van der Waals surface area contributed by atoms with Crippen molar-refractivity contribution in [2.45, 2.75) is 37.8 Å². The van der Waals surface area contributed by atoms with Gasteiger partial charge in [-0.1, -0.05) is 0 Å². The predicted octanol–water partition coefficient (Wildman–Crippen LogP) is 2.65. The van der Waals surface area contributed by atoms with Gasteiger partial charge < -0.3 is 0 Å². The normalized spacial score (nSPS) is 15.0. The zero-order chi connectivity index (χ0) is 11.5. The van der Waals surface area contributed by atoms with E-state index in [9.17, 15) is 4.21 Å². The van der Waals surface area contributed by atoms with Gasteiger partial charge in [0.25, 0.3) is 0 Å². The molecule has 1 rings (SSSR count). The highest BCUT2D eigenvalue weighted by Gasteiger charge is 2.16. The van der Waals surface area contributed by atoms with Crippen LogP contribution in [0, 0.1) is 6.92 Å². The molecule has 0 spiro atoms. The van der Waals surface area contributed by atoms with E-state index < -0.39 is 9.73 Å². The number of pyridine rings is 1. The molecule has 0 aliphatic carbocycles. The number of rotatable bonds is 3. The quantitative estimate of drug-likeness (QED) is 0.795. The minimum atomic E-state index is -2.29. The topological polar surface area (TPSA) is 42.3 Å². The summed E-state index contributed by atoms with van der Waals surface area (Å²) in [6.07, 6.45) is 1.68. The third kappa shape index (κ3) is 2.56. The van der Waals surface area contributed by atoms with Crippen LogP contribution in [0.5, 0.6) is 0 Å². The van der Waals surface area contributed by atoms with Gasteiger partial charge in [0.1, 0.15) is 0 Å². The van der Waals surface area contributed by atoms with E-state index in [0.29, 0.717) is 6.54 Å². The minimum Gasteiger partial charge on any atom is -0.260 e. The van der Waals surface area contributed by atoms with Crippen molar-refractivity contribution in [1.82, 2.24) is 4.98 Å². The van der Waals surface area contributed by atoms with Gasteiger partial charge in [-0.15, -0.1) is 0 Å². The Balaban J connectivity index is 3.29. The third-order valence-corrected chi connectivity index (χ3v) is 5.02. The smallest absolute Gasteiger partial charge is 0.0791 e. The molecule has 0 N–H and O–H groups in total.